The zero-order valence-electron chi connectivity index (χ0n) is 10.5. The van der Waals surface area contributed by atoms with E-state index in [1.807, 2.05) is 27.7 Å². The van der Waals surface area contributed by atoms with Gasteiger partial charge in [0.25, 0.3) is 0 Å². The minimum absolute atomic E-state index is 0.0738. The van der Waals surface area contributed by atoms with Crippen LogP contribution in [0.2, 0.25) is 0 Å². The van der Waals surface area contributed by atoms with Gasteiger partial charge in [0.1, 0.15) is 5.78 Å². The molecule has 4 heteroatoms. The SMILES string of the molecule is CC(C)COC(=O)N1CC(C)C(=O)C(C)C1. The topological polar surface area (TPSA) is 46.6 Å². The molecule has 0 bridgehead atoms. The van der Waals surface area contributed by atoms with Crippen LogP contribution < -0.4 is 0 Å². The fourth-order valence-corrected chi connectivity index (χ4v) is 1.88. The van der Waals surface area contributed by atoms with Crippen molar-refractivity contribution in [1.29, 1.82) is 0 Å². The van der Waals surface area contributed by atoms with Gasteiger partial charge in [-0.1, -0.05) is 27.7 Å². The van der Waals surface area contributed by atoms with E-state index in [1.165, 1.54) is 0 Å². The first-order chi connectivity index (χ1) is 7.41. The first-order valence-corrected chi connectivity index (χ1v) is 5.87. The first kappa shape index (κ1) is 13.0. The molecule has 2 unspecified atom stereocenters. The van der Waals surface area contributed by atoms with Crippen molar-refractivity contribution in [3.05, 3.63) is 0 Å². The molecule has 0 aromatic heterocycles. The lowest BCUT2D eigenvalue weighted by Gasteiger charge is -2.33. The number of rotatable bonds is 2. The van der Waals surface area contributed by atoms with Crippen LogP contribution in [0.3, 0.4) is 0 Å². The van der Waals surface area contributed by atoms with Crippen LogP contribution in [0.1, 0.15) is 27.7 Å². The summed E-state index contributed by atoms with van der Waals surface area (Å²) < 4.78 is 5.15. The number of hydrogen-bond acceptors (Lipinski definition) is 3. The largest absolute Gasteiger partial charge is 0.449 e. The third-order valence-electron chi connectivity index (χ3n) is 2.76. The van der Waals surface area contributed by atoms with Crippen molar-refractivity contribution in [2.75, 3.05) is 19.7 Å². The fraction of sp³-hybridized carbons (Fsp3) is 0.833. The van der Waals surface area contributed by atoms with E-state index >= 15 is 0 Å². The Morgan fingerprint density at radius 3 is 2.31 bits per heavy atom. The molecule has 0 spiro atoms. The van der Waals surface area contributed by atoms with Gasteiger partial charge in [0.15, 0.2) is 0 Å². The van der Waals surface area contributed by atoms with E-state index in [-0.39, 0.29) is 23.7 Å². The van der Waals surface area contributed by atoms with Crippen LogP contribution in [-0.2, 0) is 9.53 Å². The number of carbonyl (C=O) groups excluding carboxylic acids is 2. The normalized spacial score (nSPS) is 26.1. The highest BCUT2D eigenvalue weighted by molar-refractivity contribution is 5.85. The summed E-state index contributed by atoms with van der Waals surface area (Å²) >= 11 is 0. The van der Waals surface area contributed by atoms with Crippen molar-refractivity contribution in [2.45, 2.75) is 27.7 Å². The number of amides is 1. The molecular weight excluding hydrogens is 206 g/mol. The van der Waals surface area contributed by atoms with Crippen LogP contribution in [0.15, 0.2) is 0 Å². The maximum absolute atomic E-state index is 11.7. The molecule has 0 N–H and O–H groups in total. The van der Waals surface area contributed by atoms with Gasteiger partial charge in [-0.3, -0.25) is 4.79 Å². The van der Waals surface area contributed by atoms with Gasteiger partial charge in [-0.15, -0.1) is 0 Å². The van der Waals surface area contributed by atoms with E-state index in [2.05, 4.69) is 0 Å². The molecule has 0 saturated carbocycles. The van der Waals surface area contributed by atoms with Gasteiger partial charge in [-0.25, -0.2) is 4.79 Å². The Hall–Kier alpha value is -1.06. The molecule has 1 aliphatic heterocycles. The smallest absolute Gasteiger partial charge is 0.409 e. The standard InChI is InChI=1S/C12H21NO3/c1-8(2)7-16-12(15)13-5-9(3)11(14)10(4)6-13/h8-10H,5-7H2,1-4H3. The van der Waals surface area contributed by atoms with Crippen LogP contribution in [0, 0.1) is 17.8 Å². The fourth-order valence-electron chi connectivity index (χ4n) is 1.88. The monoisotopic (exact) mass is 227 g/mol. The van der Waals surface area contributed by atoms with Crippen molar-refractivity contribution in [1.82, 2.24) is 4.90 Å². The summed E-state index contributed by atoms with van der Waals surface area (Å²) in [6, 6.07) is 0. The van der Waals surface area contributed by atoms with Crippen molar-refractivity contribution in [3.63, 3.8) is 0 Å². The van der Waals surface area contributed by atoms with Gasteiger partial charge in [-0.2, -0.15) is 0 Å². The summed E-state index contributed by atoms with van der Waals surface area (Å²) in [7, 11) is 0. The molecule has 2 atom stereocenters. The molecule has 0 aromatic carbocycles. The third kappa shape index (κ3) is 3.22. The highest BCUT2D eigenvalue weighted by atomic mass is 16.6. The molecule has 0 aromatic rings. The van der Waals surface area contributed by atoms with Crippen LogP contribution >= 0.6 is 0 Å². The Kier molecular flexibility index (Phi) is 4.33. The summed E-state index contributed by atoms with van der Waals surface area (Å²) in [6.07, 6.45) is -0.292. The number of Topliss-reactive ketones (excluding diaryl/α,β-unsaturated/α-hetero) is 1. The molecule has 1 aliphatic rings. The molecule has 1 heterocycles. The molecule has 1 fully saturated rings. The van der Waals surface area contributed by atoms with E-state index in [0.29, 0.717) is 25.6 Å². The molecule has 1 saturated heterocycles. The number of likely N-dealkylation sites (tertiary alicyclic amines) is 1. The molecule has 16 heavy (non-hydrogen) atoms. The van der Waals surface area contributed by atoms with E-state index in [0.717, 1.165) is 0 Å². The highest BCUT2D eigenvalue weighted by Crippen LogP contribution is 2.18. The summed E-state index contributed by atoms with van der Waals surface area (Å²) in [5.74, 6) is 0.434. The molecule has 1 amide bonds. The number of ether oxygens (including phenoxy) is 1. The van der Waals surface area contributed by atoms with Crippen LogP contribution in [0.25, 0.3) is 0 Å². The Bertz CT molecular complexity index is 261. The predicted molar refractivity (Wildman–Crippen MR) is 61.1 cm³/mol. The molecule has 92 valence electrons. The average Bonchev–Trinajstić information content (AvgIpc) is 2.21. The molecule has 0 radical (unpaired) electrons. The van der Waals surface area contributed by atoms with E-state index in [9.17, 15) is 9.59 Å². The third-order valence-corrected chi connectivity index (χ3v) is 2.76. The molecule has 0 aliphatic carbocycles. The quantitative estimate of drug-likeness (QED) is 0.724. The number of nitrogens with zero attached hydrogens (tertiary/aromatic N) is 1. The Labute approximate surface area is 96.9 Å². The summed E-state index contributed by atoms with van der Waals surface area (Å²) in [6.45, 7) is 9.13. The zero-order chi connectivity index (χ0) is 12.3. The molecule has 4 nitrogen and oxygen atoms in total. The van der Waals surface area contributed by atoms with Crippen molar-refractivity contribution in [3.8, 4) is 0 Å². The van der Waals surface area contributed by atoms with Crippen molar-refractivity contribution >= 4 is 11.9 Å². The van der Waals surface area contributed by atoms with Crippen molar-refractivity contribution in [2.24, 2.45) is 17.8 Å². The lowest BCUT2D eigenvalue weighted by Crippen LogP contribution is -2.47. The minimum Gasteiger partial charge on any atom is -0.449 e. The van der Waals surface area contributed by atoms with Gasteiger partial charge in [-0.05, 0) is 5.92 Å². The lowest BCUT2D eigenvalue weighted by atomic mass is 9.90. The lowest BCUT2D eigenvalue weighted by molar-refractivity contribution is -0.129. The number of ketones is 1. The second-order valence-corrected chi connectivity index (χ2v) is 5.08. The minimum atomic E-state index is -0.292. The second kappa shape index (κ2) is 5.32. The molecular formula is C12H21NO3. The highest BCUT2D eigenvalue weighted by Gasteiger charge is 2.32. The number of hydrogen-bond donors (Lipinski definition) is 0. The van der Waals surface area contributed by atoms with Crippen LogP contribution in [-0.4, -0.2) is 36.5 Å². The second-order valence-electron chi connectivity index (χ2n) is 5.08. The zero-order valence-corrected chi connectivity index (χ0v) is 10.5. The first-order valence-electron chi connectivity index (χ1n) is 5.87. The summed E-state index contributed by atoms with van der Waals surface area (Å²) in [4.78, 5) is 24.9. The van der Waals surface area contributed by atoms with E-state index in [4.69, 9.17) is 4.74 Å². The average molecular weight is 227 g/mol. The van der Waals surface area contributed by atoms with Gasteiger partial charge in [0.05, 0.1) is 6.61 Å². The van der Waals surface area contributed by atoms with Gasteiger partial charge in [0.2, 0.25) is 0 Å². The number of piperidine rings is 1. The van der Waals surface area contributed by atoms with E-state index in [1.54, 1.807) is 4.90 Å². The predicted octanol–water partition coefficient (Wildman–Crippen LogP) is 1.94. The van der Waals surface area contributed by atoms with Gasteiger partial charge in [0, 0.05) is 24.9 Å². The molecule has 1 rings (SSSR count). The summed E-state index contributed by atoms with van der Waals surface area (Å²) in [5.41, 5.74) is 0. The Balaban J connectivity index is 2.48. The van der Waals surface area contributed by atoms with Crippen LogP contribution in [0.5, 0.6) is 0 Å². The Morgan fingerprint density at radius 1 is 1.38 bits per heavy atom. The van der Waals surface area contributed by atoms with Gasteiger partial charge < -0.3 is 9.64 Å². The van der Waals surface area contributed by atoms with Crippen LogP contribution in [0.4, 0.5) is 4.79 Å². The summed E-state index contributed by atoms with van der Waals surface area (Å²) in [5, 5.41) is 0. The van der Waals surface area contributed by atoms with E-state index < -0.39 is 0 Å². The van der Waals surface area contributed by atoms with Crippen molar-refractivity contribution < 1.29 is 14.3 Å². The maximum atomic E-state index is 11.7. The Morgan fingerprint density at radius 2 is 1.88 bits per heavy atom. The number of carbonyl (C=O) groups is 2. The van der Waals surface area contributed by atoms with Gasteiger partial charge >= 0.3 is 6.09 Å². The maximum Gasteiger partial charge on any atom is 0.409 e.